The summed E-state index contributed by atoms with van der Waals surface area (Å²) in [6, 6.07) is 0. The van der Waals surface area contributed by atoms with Crippen molar-refractivity contribution in [1.29, 1.82) is 0 Å². The topological polar surface area (TPSA) is 57.2 Å². The lowest BCUT2D eigenvalue weighted by atomic mass is 9.82. The van der Waals surface area contributed by atoms with Crippen molar-refractivity contribution in [3.63, 3.8) is 0 Å². The van der Waals surface area contributed by atoms with Crippen molar-refractivity contribution in [1.82, 2.24) is 15.1 Å². The van der Waals surface area contributed by atoms with E-state index in [0.29, 0.717) is 30.6 Å². The van der Waals surface area contributed by atoms with Gasteiger partial charge < -0.3 is 19.9 Å². The van der Waals surface area contributed by atoms with E-state index in [1.807, 2.05) is 0 Å². The second-order valence-electron chi connectivity index (χ2n) is 6.21. The van der Waals surface area contributed by atoms with Crippen LogP contribution >= 0.6 is 24.0 Å². The molecule has 3 fully saturated rings. The molecule has 120 valence electrons. The van der Waals surface area contributed by atoms with Gasteiger partial charge in [0.1, 0.15) is 0 Å². The molecule has 0 spiro atoms. The molecule has 0 aromatic carbocycles. The van der Waals surface area contributed by atoms with Crippen LogP contribution in [-0.2, 0) is 9.53 Å². The number of halogens is 1. The van der Waals surface area contributed by atoms with Crippen molar-refractivity contribution >= 4 is 35.8 Å². The number of likely N-dealkylation sites (N-methyl/N-ethyl adjacent to an activating group) is 1. The van der Waals surface area contributed by atoms with Crippen LogP contribution in [-0.4, -0.2) is 74.7 Å². The molecule has 3 aliphatic heterocycles. The van der Waals surface area contributed by atoms with Crippen LogP contribution in [0, 0.1) is 11.8 Å². The van der Waals surface area contributed by atoms with Crippen LogP contribution in [0.1, 0.15) is 12.8 Å². The van der Waals surface area contributed by atoms with Crippen LogP contribution in [0.5, 0.6) is 0 Å². The van der Waals surface area contributed by atoms with Gasteiger partial charge in [-0.05, 0) is 12.8 Å². The van der Waals surface area contributed by atoms with Crippen molar-refractivity contribution < 1.29 is 9.53 Å². The van der Waals surface area contributed by atoms with E-state index in [1.165, 1.54) is 12.8 Å². The second-order valence-corrected chi connectivity index (χ2v) is 6.21. The number of hydrogen-bond acceptors (Lipinski definition) is 3. The zero-order chi connectivity index (χ0) is 14.3. The van der Waals surface area contributed by atoms with Gasteiger partial charge in [0.25, 0.3) is 0 Å². The zero-order valence-electron chi connectivity index (χ0n) is 12.9. The van der Waals surface area contributed by atoms with Crippen LogP contribution in [0.2, 0.25) is 0 Å². The highest BCUT2D eigenvalue weighted by molar-refractivity contribution is 14.0. The van der Waals surface area contributed by atoms with Crippen molar-refractivity contribution in [2.75, 3.05) is 40.8 Å². The molecule has 0 aromatic rings. The van der Waals surface area contributed by atoms with Gasteiger partial charge in [0.05, 0.1) is 18.8 Å². The summed E-state index contributed by atoms with van der Waals surface area (Å²) in [4.78, 5) is 19.9. The Labute approximate surface area is 143 Å². The predicted molar refractivity (Wildman–Crippen MR) is 91.9 cm³/mol. The van der Waals surface area contributed by atoms with Crippen molar-refractivity contribution in [3.8, 4) is 0 Å². The third-order valence-electron chi connectivity index (χ3n) is 4.86. The van der Waals surface area contributed by atoms with E-state index in [0.717, 1.165) is 19.0 Å². The van der Waals surface area contributed by atoms with E-state index in [1.54, 1.807) is 26.0 Å². The predicted octanol–water partition coefficient (Wildman–Crippen LogP) is 0.377. The Hall–Kier alpha value is -0.570. The second kappa shape index (κ2) is 6.68. The Morgan fingerprint density at radius 3 is 2.33 bits per heavy atom. The number of hydrogen-bond donors (Lipinski definition) is 1. The summed E-state index contributed by atoms with van der Waals surface area (Å²) in [5, 5.41) is 3.18. The van der Waals surface area contributed by atoms with E-state index in [2.05, 4.69) is 15.2 Å². The van der Waals surface area contributed by atoms with Crippen LogP contribution in [0.3, 0.4) is 0 Å². The molecule has 3 aliphatic rings. The molecule has 3 saturated heterocycles. The number of carbonyl (C=O) groups excluding carboxylic acids is 1. The van der Waals surface area contributed by atoms with Gasteiger partial charge in [-0.25, -0.2) is 0 Å². The normalized spacial score (nSPS) is 33.7. The quantitative estimate of drug-likeness (QED) is 0.408. The summed E-state index contributed by atoms with van der Waals surface area (Å²) in [7, 11) is 5.31. The third-order valence-corrected chi connectivity index (χ3v) is 4.86. The van der Waals surface area contributed by atoms with Gasteiger partial charge in [0.15, 0.2) is 5.96 Å². The molecule has 1 N–H and O–H groups in total. The number of guanidine groups is 1. The summed E-state index contributed by atoms with van der Waals surface area (Å²) >= 11 is 0. The standard InChI is InChI=1S/C14H24N4O2.HI/c1-15-14(16-6-13(19)17(2)3)18-7-9-10(8-18)12-5-4-11(9)20-12;/h9-12H,4-8H2,1-3H3,(H,15,16);1H. The molecule has 4 atom stereocenters. The van der Waals surface area contributed by atoms with Gasteiger partial charge in [0.2, 0.25) is 5.91 Å². The fourth-order valence-corrected chi connectivity index (χ4v) is 3.78. The highest BCUT2D eigenvalue weighted by Gasteiger charge is 2.53. The Bertz CT molecular complexity index is 411. The first-order valence-electron chi connectivity index (χ1n) is 7.41. The third kappa shape index (κ3) is 3.13. The van der Waals surface area contributed by atoms with E-state index in [4.69, 9.17) is 4.74 Å². The molecule has 3 rings (SSSR count). The number of nitrogens with one attached hydrogen (secondary N) is 1. The summed E-state index contributed by atoms with van der Waals surface area (Å²) < 4.78 is 5.98. The molecule has 21 heavy (non-hydrogen) atoms. The lowest BCUT2D eigenvalue weighted by Crippen LogP contribution is -2.45. The molecular weight excluding hydrogens is 383 g/mol. The first-order chi connectivity index (χ1) is 9.60. The molecule has 2 bridgehead atoms. The Morgan fingerprint density at radius 2 is 1.86 bits per heavy atom. The molecule has 0 aromatic heterocycles. The van der Waals surface area contributed by atoms with Gasteiger partial charge in [-0.3, -0.25) is 9.79 Å². The molecule has 3 heterocycles. The van der Waals surface area contributed by atoms with Crippen molar-refractivity contribution in [3.05, 3.63) is 0 Å². The number of aliphatic imine (C=N–C) groups is 1. The maximum atomic E-state index is 11.7. The Balaban J connectivity index is 0.00000161. The maximum Gasteiger partial charge on any atom is 0.241 e. The smallest absolute Gasteiger partial charge is 0.241 e. The summed E-state index contributed by atoms with van der Waals surface area (Å²) in [6.45, 7) is 2.30. The summed E-state index contributed by atoms with van der Waals surface area (Å²) in [5.41, 5.74) is 0. The molecule has 4 unspecified atom stereocenters. The van der Waals surface area contributed by atoms with E-state index >= 15 is 0 Å². The average molecular weight is 408 g/mol. The SMILES string of the molecule is CN=C(NCC(=O)N(C)C)N1CC2C3CCC(O3)C2C1.I. The first-order valence-corrected chi connectivity index (χ1v) is 7.41. The minimum atomic E-state index is 0. The number of likely N-dealkylation sites (tertiary alicyclic amines) is 1. The van der Waals surface area contributed by atoms with Crippen LogP contribution < -0.4 is 5.32 Å². The largest absolute Gasteiger partial charge is 0.374 e. The molecular formula is C14H25IN4O2. The number of amides is 1. The Kier molecular flexibility index (Phi) is 5.34. The first kappa shape index (κ1) is 16.8. The maximum absolute atomic E-state index is 11.7. The highest BCUT2D eigenvalue weighted by atomic mass is 127. The van der Waals surface area contributed by atoms with Gasteiger partial charge in [-0.1, -0.05) is 0 Å². The molecule has 0 aliphatic carbocycles. The van der Waals surface area contributed by atoms with Gasteiger partial charge in [-0.2, -0.15) is 0 Å². The molecule has 0 saturated carbocycles. The fourth-order valence-electron chi connectivity index (χ4n) is 3.78. The van der Waals surface area contributed by atoms with Crippen LogP contribution in [0.25, 0.3) is 0 Å². The summed E-state index contributed by atoms with van der Waals surface area (Å²) in [5.74, 6) is 2.21. The van der Waals surface area contributed by atoms with Gasteiger partial charge in [0, 0.05) is 46.1 Å². The van der Waals surface area contributed by atoms with E-state index < -0.39 is 0 Å². The number of nitrogens with zero attached hydrogens (tertiary/aromatic N) is 3. The Morgan fingerprint density at radius 1 is 1.29 bits per heavy atom. The monoisotopic (exact) mass is 408 g/mol. The van der Waals surface area contributed by atoms with Crippen molar-refractivity contribution in [2.45, 2.75) is 25.0 Å². The number of rotatable bonds is 2. The van der Waals surface area contributed by atoms with E-state index in [-0.39, 0.29) is 29.9 Å². The van der Waals surface area contributed by atoms with Gasteiger partial charge in [-0.15, -0.1) is 24.0 Å². The van der Waals surface area contributed by atoms with E-state index in [9.17, 15) is 4.79 Å². The minimum absolute atomic E-state index is 0. The molecule has 6 nitrogen and oxygen atoms in total. The number of ether oxygens (including phenoxy) is 1. The van der Waals surface area contributed by atoms with Crippen LogP contribution in [0.15, 0.2) is 4.99 Å². The average Bonchev–Trinajstić information content (AvgIpc) is 3.11. The minimum Gasteiger partial charge on any atom is -0.374 e. The molecule has 7 heteroatoms. The lowest BCUT2D eigenvalue weighted by Gasteiger charge is -2.23. The van der Waals surface area contributed by atoms with Gasteiger partial charge >= 0.3 is 0 Å². The fraction of sp³-hybridized carbons (Fsp3) is 0.857. The number of carbonyl (C=O) groups is 1. The zero-order valence-corrected chi connectivity index (χ0v) is 15.2. The van der Waals surface area contributed by atoms with Crippen LogP contribution in [0.4, 0.5) is 0 Å². The van der Waals surface area contributed by atoms with Crippen molar-refractivity contribution in [2.24, 2.45) is 16.8 Å². The highest BCUT2D eigenvalue weighted by Crippen LogP contribution is 2.47. The molecule has 1 amide bonds. The number of fused-ring (bicyclic) bond motifs is 5. The molecule has 0 radical (unpaired) electrons. The lowest BCUT2D eigenvalue weighted by molar-refractivity contribution is -0.127. The summed E-state index contributed by atoms with van der Waals surface area (Å²) in [6.07, 6.45) is 3.34.